The van der Waals surface area contributed by atoms with Gasteiger partial charge in [0.2, 0.25) is 0 Å². The van der Waals surface area contributed by atoms with E-state index in [0.717, 1.165) is 38.9 Å². The van der Waals surface area contributed by atoms with Crippen LogP contribution in [0.25, 0.3) is 11.1 Å². The SMILES string of the molecule is Cc1cccc(C)c1C[C@H](NC(=O)OCC1c2ccccc2-c2ccccc21)C(=O)O. The first-order valence-corrected chi connectivity index (χ1v) is 10.3. The van der Waals surface area contributed by atoms with Gasteiger partial charge in [-0.1, -0.05) is 66.7 Å². The number of carbonyl (C=O) groups excluding carboxylic acids is 1. The van der Waals surface area contributed by atoms with Gasteiger partial charge >= 0.3 is 12.1 Å². The highest BCUT2D eigenvalue weighted by Crippen LogP contribution is 2.44. The highest BCUT2D eigenvalue weighted by Gasteiger charge is 2.30. The fraction of sp³-hybridized carbons (Fsp3) is 0.231. The van der Waals surface area contributed by atoms with E-state index in [1.165, 1.54) is 0 Å². The van der Waals surface area contributed by atoms with Gasteiger partial charge in [-0.3, -0.25) is 0 Å². The smallest absolute Gasteiger partial charge is 0.407 e. The Morgan fingerprint density at radius 1 is 0.903 bits per heavy atom. The standard InChI is InChI=1S/C26H25NO4/c1-16-8-7-9-17(2)22(16)14-24(25(28)29)27-26(30)31-15-23-20-12-5-3-10-18(20)19-11-4-6-13-21(19)23/h3-13,23-24H,14-15H2,1-2H3,(H,27,30)(H,28,29)/t24-/m0/s1. The molecule has 5 nitrogen and oxygen atoms in total. The van der Waals surface area contributed by atoms with Gasteiger partial charge in [0.05, 0.1) is 0 Å². The molecular formula is C26H25NO4. The number of hydrogen-bond donors (Lipinski definition) is 2. The molecule has 1 amide bonds. The average Bonchev–Trinajstić information content (AvgIpc) is 3.08. The first-order valence-electron chi connectivity index (χ1n) is 10.3. The number of rotatable bonds is 6. The number of hydrogen-bond acceptors (Lipinski definition) is 3. The van der Waals surface area contributed by atoms with Gasteiger partial charge in [-0.25, -0.2) is 9.59 Å². The molecule has 1 aliphatic rings. The third-order valence-corrected chi connectivity index (χ3v) is 5.99. The molecule has 158 valence electrons. The van der Waals surface area contributed by atoms with E-state index >= 15 is 0 Å². The van der Waals surface area contributed by atoms with Crippen LogP contribution in [0.2, 0.25) is 0 Å². The second-order valence-corrected chi connectivity index (χ2v) is 7.94. The third kappa shape index (κ3) is 4.17. The van der Waals surface area contributed by atoms with Gasteiger partial charge in [0.25, 0.3) is 0 Å². The average molecular weight is 415 g/mol. The van der Waals surface area contributed by atoms with Crippen molar-refractivity contribution in [3.63, 3.8) is 0 Å². The van der Waals surface area contributed by atoms with E-state index < -0.39 is 18.1 Å². The quantitative estimate of drug-likeness (QED) is 0.604. The molecule has 0 bridgehead atoms. The van der Waals surface area contributed by atoms with E-state index in [1.807, 2.05) is 68.4 Å². The van der Waals surface area contributed by atoms with Crippen molar-refractivity contribution in [3.05, 3.63) is 94.5 Å². The minimum atomic E-state index is -1.09. The zero-order chi connectivity index (χ0) is 22.0. The molecule has 0 saturated carbocycles. The topological polar surface area (TPSA) is 75.6 Å². The summed E-state index contributed by atoms with van der Waals surface area (Å²) in [6, 6.07) is 20.9. The van der Waals surface area contributed by atoms with Gasteiger partial charge in [0, 0.05) is 12.3 Å². The van der Waals surface area contributed by atoms with Crippen LogP contribution in [0.1, 0.15) is 33.7 Å². The first kappa shape index (κ1) is 20.7. The maximum atomic E-state index is 12.5. The summed E-state index contributed by atoms with van der Waals surface area (Å²) >= 11 is 0. The molecular weight excluding hydrogens is 390 g/mol. The van der Waals surface area contributed by atoms with E-state index in [1.54, 1.807) is 0 Å². The van der Waals surface area contributed by atoms with Crippen LogP contribution in [0.4, 0.5) is 4.79 Å². The largest absolute Gasteiger partial charge is 0.480 e. The first-order chi connectivity index (χ1) is 15.0. The van der Waals surface area contributed by atoms with E-state index in [9.17, 15) is 14.7 Å². The second-order valence-electron chi connectivity index (χ2n) is 7.94. The number of nitrogens with one attached hydrogen (secondary N) is 1. The number of alkyl carbamates (subject to hydrolysis) is 1. The van der Waals surface area contributed by atoms with E-state index in [2.05, 4.69) is 17.4 Å². The molecule has 1 atom stereocenters. The summed E-state index contributed by atoms with van der Waals surface area (Å²) in [4.78, 5) is 24.3. The Hall–Kier alpha value is -3.60. The molecule has 1 aliphatic carbocycles. The van der Waals surface area contributed by atoms with E-state index in [-0.39, 0.29) is 18.9 Å². The van der Waals surface area contributed by atoms with Crippen LogP contribution in [0.5, 0.6) is 0 Å². The van der Waals surface area contributed by atoms with E-state index in [4.69, 9.17) is 4.74 Å². The number of aliphatic carboxylic acids is 1. The van der Waals surface area contributed by atoms with Gasteiger partial charge < -0.3 is 15.2 Å². The van der Waals surface area contributed by atoms with Crippen LogP contribution in [0.3, 0.4) is 0 Å². The predicted molar refractivity (Wildman–Crippen MR) is 119 cm³/mol. The van der Waals surface area contributed by atoms with Crippen LogP contribution < -0.4 is 5.32 Å². The van der Waals surface area contributed by atoms with E-state index in [0.29, 0.717) is 0 Å². The molecule has 3 aromatic rings. The van der Waals surface area contributed by atoms with Gasteiger partial charge in [-0.2, -0.15) is 0 Å². The minimum absolute atomic E-state index is 0.0694. The minimum Gasteiger partial charge on any atom is -0.480 e. The molecule has 0 aliphatic heterocycles. The Labute approximate surface area is 181 Å². The molecule has 0 unspecified atom stereocenters. The number of carboxylic acid groups (broad SMARTS) is 1. The summed E-state index contributed by atoms with van der Waals surface area (Å²) in [5.41, 5.74) is 7.44. The lowest BCUT2D eigenvalue weighted by Gasteiger charge is -2.19. The normalized spacial score (nSPS) is 13.2. The van der Waals surface area contributed by atoms with Crippen LogP contribution in [0.15, 0.2) is 66.7 Å². The van der Waals surface area contributed by atoms with Gasteiger partial charge in [-0.05, 0) is 52.8 Å². The number of amides is 1. The molecule has 0 spiro atoms. The lowest BCUT2D eigenvalue weighted by molar-refractivity contribution is -0.139. The van der Waals surface area contributed by atoms with Gasteiger partial charge in [-0.15, -0.1) is 0 Å². The molecule has 3 aromatic carbocycles. The zero-order valence-electron chi connectivity index (χ0n) is 17.6. The van der Waals surface area contributed by atoms with Crippen molar-refractivity contribution in [2.75, 3.05) is 6.61 Å². The number of carbonyl (C=O) groups is 2. The summed E-state index contributed by atoms with van der Waals surface area (Å²) < 4.78 is 5.51. The van der Waals surface area contributed by atoms with Crippen molar-refractivity contribution in [3.8, 4) is 11.1 Å². The van der Waals surface area contributed by atoms with Crippen molar-refractivity contribution < 1.29 is 19.4 Å². The molecule has 0 radical (unpaired) electrons. The highest BCUT2D eigenvalue weighted by atomic mass is 16.5. The van der Waals surface area contributed by atoms with Crippen LogP contribution in [-0.4, -0.2) is 29.8 Å². The number of benzene rings is 3. The Morgan fingerprint density at radius 2 is 1.45 bits per heavy atom. The van der Waals surface area contributed by atoms with Crippen molar-refractivity contribution in [1.29, 1.82) is 0 Å². The maximum absolute atomic E-state index is 12.5. The second kappa shape index (κ2) is 8.64. The van der Waals surface area contributed by atoms with Crippen LogP contribution >= 0.6 is 0 Å². The van der Waals surface area contributed by atoms with Crippen molar-refractivity contribution >= 4 is 12.1 Å². The van der Waals surface area contributed by atoms with Crippen molar-refractivity contribution in [1.82, 2.24) is 5.32 Å². The third-order valence-electron chi connectivity index (χ3n) is 5.99. The lowest BCUT2D eigenvalue weighted by atomic mass is 9.96. The maximum Gasteiger partial charge on any atom is 0.407 e. The monoisotopic (exact) mass is 415 g/mol. The van der Waals surface area contributed by atoms with Gasteiger partial charge in [0.1, 0.15) is 12.6 Å². The number of fused-ring (bicyclic) bond motifs is 3. The predicted octanol–water partition coefficient (Wildman–Crippen LogP) is 4.84. The fourth-order valence-electron chi connectivity index (χ4n) is 4.36. The molecule has 2 N–H and O–H groups in total. The van der Waals surface area contributed by atoms with Gasteiger partial charge in [0.15, 0.2) is 0 Å². The molecule has 0 saturated heterocycles. The molecule has 4 rings (SSSR count). The van der Waals surface area contributed by atoms with Crippen LogP contribution in [0, 0.1) is 13.8 Å². The summed E-state index contributed by atoms with van der Waals surface area (Å²) in [6.45, 7) is 4.03. The highest BCUT2D eigenvalue weighted by molar-refractivity contribution is 5.81. The Morgan fingerprint density at radius 3 is 2.00 bits per heavy atom. The fourth-order valence-corrected chi connectivity index (χ4v) is 4.36. The van der Waals surface area contributed by atoms with Crippen molar-refractivity contribution in [2.24, 2.45) is 0 Å². The summed E-state index contributed by atoms with van der Waals surface area (Å²) in [7, 11) is 0. The van der Waals surface area contributed by atoms with Crippen LogP contribution in [-0.2, 0) is 16.0 Å². The Balaban J connectivity index is 1.45. The Kier molecular flexibility index (Phi) is 5.76. The molecule has 0 aromatic heterocycles. The number of aryl methyl sites for hydroxylation is 2. The van der Waals surface area contributed by atoms with Crippen molar-refractivity contribution in [2.45, 2.75) is 32.2 Å². The summed E-state index contributed by atoms with van der Waals surface area (Å²) in [5.74, 6) is -1.16. The summed E-state index contributed by atoms with van der Waals surface area (Å²) in [5, 5.41) is 12.2. The molecule has 5 heteroatoms. The number of ether oxygens (including phenoxy) is 1. The molecule has 0 fully saturated rings. The molecule has 31 heavy (non-hydrogen) atoms. The zero-order valence-corrected chi connectivity index (χ0v) is 17.6. The Bertz CT molecular complexity index is 1070. The number of carboxylic acids is 1. The lowest BCUT2D eigenvalue weighted by Crippen LogP contribution is -2.43. The molecule has 0 heterocycles. The summed E-state index contributed by atoms with van der Waals surface area (Å²) in [6.07, 6.45) is -0.515.